The highest BCUT2D eigenvalue weighted by molar-refractivity contribution is 9.10. The first-order chi connectivity index (χ1) is 9.22. The number of nitrogens with one attached hydrogen (secondary N) is 1. The van der Waals surface area contributed by atoms with Crippen LogP contribution in [0.3, 0.4) is 0 Å². The number of furan rings is 1. The van der Waals surface area contributed by atoms with E-state index in [-0.39, 0.29) is 5.82 Å². The highest BCUT2D eigenvalue weighted by Crippen LogP contribution is 2.22. The van der Waals surface area contributed by atoms with Gasteiger partial charge in [0.05, 0.1) is 11.0 Å². The number of benzene rings is 2. The maximum atomic E-state index is 13.4. The Bertz CT molecular complexity index is 690. The summed E-state index contributed by atoms with van der Waals surface area (Å²) in [6.07, 6.45) is 0. The normalized spacial score (nSPS) is 10.8. The van der Waals surface area contributed by atoms with Crippen LogP contribution in [-0.4, -0.2) is 0 Å². The van der Waals surface area contributed by atoms with Gasteiger partial charge in [0.1, 0.15) is 17.2 Å². The molecule has 96 valence electrons. The lowest BCUT2D eigenvalue weighted by atomic mass is 10.2. The van der Waals surface area contributed by atoms with Gasteiger partial charge in [-0.1, -0.05) is 18.2 Å². The second-order valence-corrected chi connectivity index (χ2v) is 5.09. The predicted molar refractivity (Wildman–Crippen MR) is 77.6 cm³/mol. The van der Waals surface area contributed by atoms with E-state index in [1.807, 2.05) is 36.4 Å². The van der Waals surface area contributed by atoms with E-state index >= 15 is 0 Å². The SMILES string of the molecule is Fc1cc(NCc2cc3ccccc3o2)ccc1Br. The molecule has 0 saturated heterocycles. The molecule has 0 aliphatic heterocycles. The first kappa shape index (κ1) is 12.2. The van der Waals surface area contributed by atoms with Gasteiger partial charge in [-0.25, -0.2) is 4.39 Å². The molecule has 0 radical (unpaired) electrons. The fourth-order valence-corrected chi connectivity index (χ4v) is 2.17. The molecular formula is C15H11BrFNO. The monoisotopic (exact) mass is 319 g/mol. The summed E-state index contributed by atoms with van der Waals surface area (Å²) in [5.74, 6) is 0.541. The molecule has 0 spiro atoms. The Morgan fingerprint density at radius 1 is 1.11 bits per heavy atom. The Labute approximate surface area is 118 Å². The van der Waals surface area contributed by atoms with Crippen LogP contribution in [0.25, 0.3) is 11.0 Å². The number of para-hydroxylation sites is 1. The first-order valence-corrected chi connectivity index (χ1v) is 6.68. The minimum Gasteiger partial charge on any atom is -0.459 e. The van der Waals surface area contributed by atoms with Gasteiger partial charge in [-0.2, -0.15) is 0 Å². The molecule has 1 aromatic heterocycles. The summed E-state index contributed by atoms with van der Waals surface area (Å²) < 4.78 is 19.5. The molecule has 0 atom stereocenters. The average molecular weight is 320 g/mol. The highest BCUT2D eigenvalue weighted by atomic mass is 79.9. The topological polar surface area (TPSA) is 25.2 Å². The van der Waals surface area contributed by atoms with E-state index in [0.29, 0.717) is 11.0 Å². The van der Waals surface area contributed by atoms with E-state index < -0.39 is 0 Å². The van der Waals surface area contributed by atoms with E-state index in [1.165, 1.54) is 6.07 Å². The zero-order chi connectivity index (χ0) is 13.2. The third-order valence-electron chi connectivity index (χ3n) is 2.86. The molecule has 3 aromatic rings. The molecule has 2 nitrogen and oxygen atoms in total. The number of rotatable bonds is 3. The molecule has 0 aliphatic rings. The summed E-state index contributed by atoms with van der Waals surface area (Å²) >= 11 is 3.13. The van der Waals surface area contributed by atoms with Gasteiger partial charge < -0.3 is 9.73 Å². The van der Waals surface area contributed by atoms with Gasteiger partial charge in [0.15, 0.2) is 0 Å². The van der Waals surface area contributed by atoms with Crippen LogP contribution in [0, 0.1) is 5.82 Å². The van der Waals surface area contributed by atoms with Crippen LogP contribution >= 0.6 is 15.9 Å². The van der Waals surface area contributed by atoms with Gasteiger partial charge in [-0.05, 0) is 46.3 Å². The molecule has 19 heavy (non-hydrogen) atoms. The molecule has 1 heterocycles. The zero-order valence-corrected chi connectivity index (χ0v) is 11.6. The van der Waals surface area contributed by atoms with Crippen molar-refractivity contribution >= 4 is 32.6 Å². The standard InChI is InChI=1S/C15H11BrFNO/c16-13-6-5-11(8-14(13)17)18-9-12-7-10-3-1-2-4-15(10)19-12/h1-8,18H,9H2. The van der Waals surface area contributed by atoms with Crippen molar-refractivity contribution in [1.82, 2.24) is 0 Å². The fraction of sp³-hybridized carbons (Fsp3) is 0.0667. The number of anilines is 1. The van der Waals surface area contributed by atoms with Gasteiger partial charge in [0.2, 0.25) is 0 Å². The van der Waals surface area contributed by atoms with Crippen molar-refractivity contribution < 1.29 is 8.81 Å². The minimum atomic E-state index is -0.283. The molecule has 3 rings (SSSR count). The molecule has 0 fully saturated rings. The van der Waals surface area contributed by atoms with Crippen LogP contribution in [0.1, 0.15) is 5.76 Å². The lowest BCUT2D eigenvalue weighted by Crippen LogP contribution is -1.98. The van der Waals surface area contributed by atoms with Crippen LogP contribution in [0.15, 0.2) is 57.4 Å². The summed E-state index contributed by atoms with van der Waals surface area (Å²) in [5.41, 5.74) is 1.59. The molecule has 0 unspecified atom stereocenters. The zero-order valence-electron chi connectivity index (χ0n) is 9.99. The van der Waals surface area contributed by atoms with E-state index in [1.54, 1.807) is 6.07 Å². The largest absolute Gasteiger partial charge is 0.459 e. The van der Waals surface area contributed by atoms with Crippen LogP contribution < -0.4 is 5.32 Å². The Morgan fingerprint density at radius 2 is 1.95 bits per heavy atom. The third-order valence-corrected chi connectivity index (χ3v) is 3.51. The van der Waals surface area contributed by atoms with Crippen molar-refractivity contribution in [3.05, 3.63) is 64.6 Å². The maximum absolute atomic E-state index is 13.4. The van der Waals surface area contributed by atoms with Crippen molar-refractivity contribution in [3.63, 3.8) is 0 Å². The van der Waals surface area contributed by atoms with Crippen molar-refractivity contribution in [2.24, 2.45) is 0 Å². The lowest BCUT2D eigenvalue weighted by molar-refractivity contribution is 0.559. The summed E-state index contributed by atoms with van der Waals surface area (Å²) in [7, 11) is 0. The molecule has 4 heteroatoms. The van der Waals surface area contributed by atoms with Gasteiger partial charge in [-0.3, -0.25) is 0 Å². The Hall–Kier alpha value is -1.81. The molecule has 0 aliphatic carbocycles. The Balaban J connectivity index is 1.76. The van der Waals surface area contributed by atoms with E-state index in [4.69, 9.17) is 4.42 Å². The van der Waals surface area contributed by atoms with Crippen molar-refractivity contribution in [1.29, 1.82) is 0 Å². The van der Waals surface area contributed by atoms with Gasteiger partial charge >= 0.3 is 0 Å². The summed E-state index contributed by atoms with van der Waals surface area (Å²) in [5, 5.41) is 4.21. The Kier molecular flexibility index (Phi) is 3.25. The van der Waals surface area contributed by atoms with Crippen molar-refractivity contribution in [2.75, 3.05) is 5.32 Å². The van der Waals surface area contributed by atoms with Crippen LogP contribution in [0.5, 0.6) is 0 Å². The molecular weight excluding hydrogens is 309 g/mol. The van der Waals surface area contributed by atoms with Crippen molar-refractivity contribution in [2.45, 2.75) is 6.54 Å². The van der Waals surface area contributed by atoms with Gasteiger partial charge in [0, 0.05) is 11.1 Å². The predicted octanol–water partition coefficient (Wildman–Crippen LogP) is 4.95. The minimum absolute atomic E-state index is 0.283. The quantitative estimate of drug-likeness (QED) is 0.739. The summed E-state index contributed by atoms with van der Waals surface area (Å²) in [4.78, 5) is 0. The first-order valence-electron chi connectivity index (χ1n) is 5.89. The fourth-order valence-electron chi connectivity index (χ4n) is 1.92. The van der Waals surface area contributed by atoms with Crippen LogP contribution in [-0.2, 0) is 6.54 Å². The third kappa shape index (κ3) is 2.63. The highest BCUT2D eigenvalue weighted by Gasteiger charge is 2.04. The molecule has 2 aromatic carbocycles. The second-order valence-electron chi connectivity index (χ2n) is 4.23. The molecule has 0 saturated carbocycles. The maximum Gasteiger partial charge on any atom is 0.139 e. The van der Waals surface area contributed by atoms with Crippen LogP contribution in [0.2, 0.25) is 0 Å². The van der Waals surface area contributed by atoms with Crippen LogP contribution in [0.4, 0.5) is 10.1 Å². The summed E-state index contributed by atoms with van der Waals surface area (Å²) in [6, 6.07) is 14.8. The number of hydrogen-bond acceptors (Lipinski definition) is 2. The lowest BCUT2D eigenvalue weighted by Gasteiger charge is -2.04. The van der Waals surface area contributed by atoms with Gasteiger partial charge in [0.25, 0.3) is 0 Å². The number of halogens is 2. The number of hydrogen-bond donors (Lipinski definition) is 1. The van der Waals surface area contributed by atoms with E-state index in [0.717, 1.165) is 22.4 Å². The van der Waals surface area contributed by atoms with E-state index in [9.17, 15) is 4.39 Å². The molecule has 0 amide bonds. The molecule has 1 N–H and O–H groups in total. The average Bonchev–Trinajstić information content (AvgIpc) is 2.83. The number of fused-ring (bicyclic) bond motifs is 1. The second kappa shape index (κ2) is 5.05. The smallest absolute Gasteiger partial charge is 0.139 e. The van der Waals surface area contributed by atoms with Gasteiger partial charge in [-0.15, -0.1) is 0 Å². The van der Waals surface area contributed by atoms with Crippen molar-refractivity contribution in [3.8, 4) is 0 Å². The summed E-state index contributed by atoms with van der Waals surface area (Å²) in [6.45, 7) is 0.524. The van der Waals surface area contributed by atoms with E-state index in [2.05, 4.69) is 21.2 Å². The Morgan fingerprint density at radius 3 is 2.74 bits per heavy atom. The molecule has 0 bridgehead atoms.